The lowest BCUT2D eigenvalue weighted by atomic mass is 9.98. The number of fused-ring (bicyclic) bond motifs is 1. The topological polar surface area (TPSA) is 96.3 Å². The minimum Gasteiger partial charge on any atom is -0.329 e. The summed E-state index contributed by atoms with van der Waals surface area (Å²) in [6, 6.07) is 3.08. The standard InChI is InChI=1S/C16H18N6O2S/c1-2-10-15(25-20-19-10)16(24)21-8-4-3-5-12(21)11-9-14(23)22-13(18-11)6-7-17-22/h6-7,9,12,17H,2-5,8H2,1H3/t12-/m0/s1. The van der Waals surface area contributed by atoms with Gasteiger partial charge in [0.15, 0.2) is 5.65 Å². The molecule has 25 heavy (non-hydrogen) atoms. The Balaban J connectivity index is 1.73. The van der Waals surface area contributed by atoms with E-state index in [0.717, 1.165) is 36.5 Å². The number of carbonyl (C=O) groups is 1. The smallest absolute Gasteiger partial charge is 0.272 e. The number of hydrogen-bond donors (Lipinski definition) is 1. The zero-order chi connectivity index (χ0) is 17.4. The molecule has 1 amide bonds. The lowest BCUT2D eigenvalue weighted by molar-refractivity contribution is 0.0610. The first kappa shape index (κ1) is 15.9. The number of aryl methyl sites for hydroxylation is 1. The van der Waals surface area contributed by atoms with Crippen molar-refractivity contribution in [1.29, 1.82) is 0 Å². The Kier molecular flexibility index (Phi) is 4.08. The van der Waals surface area contributed by atoms with E-state index >= 15 is 0 Å². The Labute approximate surface area is 147 Å². The summed E-state index contributed by atoms with van der Waals surface area (Å²) in [6.45, 7) is 2.61. The summed E-state index contributed by atoms with van der Waals surface area (Å²) < 4.78 is 5.32. The van der Waals surface area contributed by atoms with E-state index in [9.17, 15) is 9.59 Å². The van der Waals surface area contributed by atoms with Crippen molar-refractivity contribution in [1.82, 2.24) is 29.1 Å². The van der Waals surface area contributed by atoms with Gasteiger partial charge in [-0.15, -0.1) is 5.10 Å². The summed E-state index contributed by atoms with van der Waals surface area (Å²) in [6.07, 6.45) is 5.09. The second kappa shape index (κ2) is 6.40. The maximum absolute atomic E-state index is 13.1. The third-order valence-corrected chi connectivity index (χ3v) is 5.35. The average molecular weight is 358 g/mol. The van der Waals surface area contributed by atoms with E-state index in [1.54, 1.807) is 12.3 Å². The Morgan fingerprint density at radius 1 is 1.44 bits per heavy atom. The van der Waals surface area contributed by atoms with Crippen LogP contribution in [0.4, 0.5) is 0 Å². The molecule has 1 aliphatic rings. The lowest BCUT2D eigenvalue weighted by Gasteiger charge is -2.35. The van der Waals surface area contributed by atoms with Gasteiger partial charge >= 0.3 is 0 Å². The summed E-state index contributed by atoms with van der Waals surface area (Å²) in [7, 11) is 0. The number of H-pyrrole nitrogens is 1. The molecule has 0 radical (unpaired) electrons. The van der Waals surface area contributed by atoms with E-state index in [4.69, 9.17) is 0 Å². The molecular formula is C16H18N6O2S. The van der Waals surface area contributed by atoms with Crippen LogP contribution in [0.1, 0.15) is 53.3 Å². The maximum Gasteiger partial charge on any atom is 0.272 e. The Bertz CT molecular complexity index is 974. The van der Waals surface area contributed by atoms with Gasteiger partial charge in [-0.25, -0.2) is 9.50 Å². The van der Waals surface area contributed by atoms with Crippen LogP contribution >= 0.6 is 11.5 Å². The fourth-order valence-electron chi connectivity index (χ4n) is 3.33. The molecule has 1 N–H and O–H groups in total. The van der Waals surface area contributed by atoms with Gasteiger partial charge in [0.25, 0.3) is 11.5 Å². The minimum absolute atomic E-state index is 0.0624. The van der Waals surface area contributed by atoms with E-state index < -0.39 is 0 Å². The highest BCUT2D eigenvalue weighted by Gasteiger charge is 2.32. The highest BCUT2D eigenvalue weighted by atomic mass is 32.1. The zero-order valence-electron chi connectivity index (χ0n) is 13.8. The molecule has 130 valence electrons. The third-order valence-electron chi connectivity index (χ3n) is 4.59. The molecule has 1 fully saturated rings. The summed E-state index contributed by atoms with van der Waals surface area (Å²) in [5, 5.41) is 6.88. The second-order valence-electron chi connectivity index (χ2n) is 6.09. The summed E-state index contributed by atoms with van der Waals surface area (Å²) in [5.41, 5.74) is 1.77. The molecule has 0 bridgehead atoms. The quantitative estimate of drug-likeness (QED) is 0.770. The highest BCUT2D eigenvalue weighted by Crippen LogP contribution is 2.31. The van der Waals surface area contributed by atoms with Crippen molar-refractivity contribution in [2.24, 2.45) is 0 Å². The van der Waals surface area contributed by atoms with Crippen molar-refractivity contribution in [3.8, 4) is 0 Å². The summed E-state index contributed by atoms with van der Waals surface area (Å²) in [4.78, 5) is 32.3. The van der Waals surface area contributed by atoms with Crippen LogP contribution in [0, 0.1) is 0 Å². The van der Waals surface area contributed by atoms with Gasteiger partial charge < -0.3 is 4.90 Å². The third kappa shape index (κ3) is 2.74. The van der Waals surface area contributed by atoms with Crippen LogP contribution in [-0.4, -0.2) is 41.5 Å². The molecule has 1 atom stereocenters. The minimum atomic E-state index is -0.194. The predicted molar refractivity (Wildman–Crippen MR) is 92.7 cm³/mol. The molecule has 4 heterocycles. The van der Waals surface area contributed by atoms with E-state index in [0.29, 0.717) is 29.2 Å². The van der Waals surface area contributed by atoms with E-state index in [1.807, 2.05) is 11.8 Å². The molecule has 3 aromatic heterocycles. The van der Waals surface area contributed by atoms with E-state index in [-0.39, 0.29) is 17.5 Å². The molecule has 0 aromatic carbocycles. The van der Waals surface area contributed by atoms with Crippen molar-refractivity contribution >= 4 is 23.1 Å². The molecule has 3 aromatic rings. The lowest BCUT2D eigenvalue weighted by Crippen LogP contribution is -2.39. The van der Waals surface area contributed by atoms with Gasteiger partial charge in [-0.3, -0.25) is 14.7 Å². The molecular weight excluding hydrogens is 340 g/mol. The van der Waals surface area contributed by atoms with Gasteiger partial charge in [0.2, 0.25) is 0 Å². The van der Waals surface area contributed by atoms with E-state index in [1.165, 1.54) is 10.6 Å². The van der Waals surface area contributed by atoms with E-state index in [2.05, 4.69) is 19.7 Å². The summed E-state index contributed by atoms with van der Waals surface area (Å²) in [5.74, 6) is -0.0624. The zero-order valence-corrected chi connectivity index (χ0v) is 14.6. The van der Waals surface area contributed by atoms with Crippen molar-refractivity contribution in [2.45, 2.75) is 38.6 Å². The van der Waals surface area contributed by atoms with Crippen molar-refractivity contribution in [2.75, 3.05) is 6.54 Å². The highest BCUT2D eigenvalue weighted by molar-refractivity contribution is 7.08. The van der Waals surface area contributed by atoms with Crippen LogP contribution in [0.3, 0.4) is 0 Å². The van der Waals surface area contributed by atoms with Gasteiger partial charge in [0.05, 0.1) is 17.4 Å². The Hall–Kier alpha value is -2.55. The monoisotopic (exact) mass is 358 g/mol. The molecule has 8 nitrogen and oxygen atoms in total. The molecule has 9 heteroatoms. The number of amides is 1. The number of hydrogen-bond acceptors (Lipinski definition) is 6. The normalized spacial score (nSPS) is 18.0. The molecule has 0 aliphatic carbocycles. The van der Waals surface area contributed by atoms with Gasteiger partial charge in [-0.2, -0.15) is 0 Å². The first-order valence-corrected chi connectivity index (χ1v) is 9.15. The number of nitrogens with one attached hydrogen (secondary N) is 1. The van der Waals surface area contributed by atoms with Crippen LogP contribution in [0.25, 0.3) is 5.65 Å². The van der Waals surface area contributed by atoms with Crippen LogP contribution in [-0.2, 0) is 6.42 Å². The number of likely N-dealkylation sites (tertiary alicyclic amines) is 1. The summed E-state index contributed by atoms with van der Waals surface area (Å²) >= 11 is 1.14. The second-order valence-corrected chi connectivity index (χ2v) is 6.84. The molecule has 1 saturated heterocycles. The Morgan fingerprint density at radius 2 is 2.32 bits per heavy atom. The van der Waals surface area contributed by atoms with Gasteiger partial charge in [0.1, 0.15) is 4.88 Å². The van der Waals surface area contributed by atoms with Crippen LogP contribution < -0.4 is 5.56 Å². The fraction of sp³-hybridized carbons (Fsp3) is 0.438. The van der Waals surface area contributed by atoms with Gasteiger partial charge in [-0.05, 0) is 37.2 Å². The molecule has 0 saturated carbocycles. The maximum atomic E-state index is 13.1. The number of nitrogens with zero attached hydrogens (tertiary/aromatic N) is 5. The first-order valence-electron chi connectivity index (χ1n) is 8.38. The van der Waals surface area contributed by atoms with Crippen molar-refractivity contribution < 1.29 is 4.79 Å². The molecule has 0 spiro atoms. The predicted octanol–water partition coefficient (Wildman–Crippen LogP) is 1.80. The number of rotatable bonds is 3. The number of aromatic amines is 1. The average Bonchev–Trinajstić information content (AvgIpc) is 3.30. The first-order chi connectivity index (χ1) is 12.2. The molecule has 1 aliphatic heterocycles. The number of carbonyl (C=O) groups excluding carboxylic acids is 1. The Morgan fingerprint density at radius 3 is 3.16 bits per heavy atom. The molecule has 4 rings (SSSR count). The van der Waals surface area contributed by atoms with Gasteiger partial charge in [0, 0.05) is 24.9 Å². The van der Waals surface area contributed by atoms with Crippen LogP contribution in [0.2, 0.25) is 0 Å². The molecule has 0 unspecified atom stereocenters. The van der Waals surface area contributed by atoms with Crippen molar-refractivity contribution in [3.05, 3.63) is 44.9 Å². The van der Waals surface area contributed by atoms with Crippen molar-refractivity contribution in [3.63, 3.8) is 0 Å². The fourth-order valence-corrected chi connectivity index (χ4v) is 4.04. The van der Waals surface area contributed by atoms with Crippen LogP contribution in [0.5, 0.6) is 0 Å². The SMILES string of the molecule is CCc1nnsc1C(=O)N1CCCC[C@H]1c1cc(=O)n2[nH]ccc2n1. The van der Waals surface area contributed by atoms with Gasteiger partial charge in [-0.1, -0.05) is 11.4 Å². The number of aromatic nitrogens is 5. The number of piperidine rings is 1. The van der Waals surface area contributed by atoms with Crippen LogP contribution in [0.15, 0.2) is 23.1 Å². The largest absolute Gasteiger partial charge is 0.329 e.